The molecule has 2 aromatic carbocycles. The smallest absolute Gasteiger partial charge is 0.248 e. The number of amides is 1. The van der Waals surface area contributed by atoms with E-state index in [1.807, 2.05) is 49.4 Å². The predicted octanol–water partition coefficient (Wildman–Crippen LogP) is 3.68. The topological polar surface area (TPSA) is 85.8 Å². The number of aromatic nitrogens is 3. The summed E-state index contributed by atoms with van der Waals surface area (Å²) in [6, 6.07) is 14.8. The highest BCUT2D eigenvalue weighted by Gasteiger charge is 2.34. The molecule has 1 atom stereocenters. The molecule has 0 unspecified atom stereocenters. The third kappa shape index (κ3) is 2.98. The fraction of sp³-hybridized carbons (Fsp3) is 0.150. The summed E-state index contributed by atoms with van der Waals surface area (Å²) in [7, 11) is 0. The Morgan fingerprint density at radius 1 is 1.19 bits per heavy atom. The highest BCUT2D eigenvalue weighted by molar-refractivity contribution is 6.31. The monoisotopic (exact) mass is 379 g/mol. The zero-order chi connectivity index (χ0) is 19.1. The first-order chi connectivity index (χ1) is 13.0. The zero-order valence-corrected chi connectivity index (χ0v) is 15.7. The van der Waals surface area contributed by atoms with Crippen LogP contribution in [0.3, 0.4) is 0 Å². The Bertz CT molecular complexity index is 1090. The lowest BCUT2D eigenvalue weighted by molar-refractivity contribution is -0.115. The molecule has 0 spiro atoms. The number of fused-ring (bicyclic) bond motifs is 1. The van der Waals surface area contributed by atoms with Gasteiger partial charge in [0.2, 0.25) is 11.9 Å². The van der Waals surface area contributed by atoms with Crippen molar-refractivity contribution in [1.82, 2.24) is 14.8 Å². The number of anilines is 1. The number of hydrogen-bond acceptors (Lipinski definition) is 4. The lowest BCUT2D eigenvalue weighted by Gasteiger charge is -2.28. The van der Waals surface area contributed by atoms with Crippen molar-refractivity contribution >= 4 is 23.5 Å². The van der Waals surface area contributed by atoms with Crippen LogP contribution in [0.5, 0.6) is 0 Å². The first kappa shape index (κ1) is 17.3. The normalized spacial score (nSPS) is 16.0. The highest BCUT2D eigenvalue weighted by atomic mass is 35.5. The molecular formula is C20H18ClN5O. The fourth-order valence-electron chi connectivity index (χ4n) is 3.36. The van der Waals surface area contributed by atoms with Gasteiger partial charge in [0, 0.05) is 21.8 Å². The minimum absolute atomic E-state index is 0.413. The van der Waals surface area contributed by atoms with Crippen LogP contribution in [0.15, 0.2) is 59.8 Å². The molecule has 0 saturated heterocycles. The van der Waals surface area contributed by atoms with Crippen molar-refractivity contribution in [3.8, 4) is 11.4 Å². The van der Waals surface area contributed by atoms with Crippen molar-refractivity contribution < 1.29 is 4.79 Å². The average Bonchev–Trinajstić information content (AvgIpc) is 3.04. The summed E-state index contributed by atoms with van der Waals surface area (Å²) in [6.07, 6.45) is 0. The second kappa shape index (κ2) is 6.55. The van der Waals surface area contributed by atoms with Gasteiger partial charge in [0.25, 0.3) is 0 Å². The number of hydrogen-bond donors (Lipinski definition) is 2. The number of nitrogens with zero attached hydrogens (tertiary/aromatic N) is 3. The maximum Gasteiger partial charge on any atom is 0.248 e. The maximum atomic E-state index is 12.2. The number of halogens is 1. The van der Waals surface area contributed by atoms with Crippen molar-refractivity contribution in [3.63, 3.8) is 0 Å². The lowest BCUT2D eigenvalue weighted by Crippen LogP contribution is -2.32. The standard InChI is InChI=1S/C20H18ClN5O/c1-11-6-5-7-13(10-11)19-24-20-23-12(2)16(18(22)27)17(26(20)25-19)14-8-3-4-9-15(14)21/h3-10,17H,1-2H3,(H2,22,27)(H,23,24,25)/t17-/m0/s1. The van der Waals surface area contributed by atoms with Crippen molar-refractivity contribution in [2.45, 2.75) is 19.9 Å². The molecule has 3 aromatic rings. The Morgan fingerprint density at radius 2 is 1.96 bits per heavy atom. The lowest BCUT2D eigenvalue weighted by atomic mass is 9.95. The Labute approximate surface area is 161 Å². The van der Waals surface area contributed by atoms with E-state index in [9.17, 15) is 4.79 Å². The van der Waals surface area contributed by atoms with Crippen LogP contribution in [0.1, 0.15) is 24.1 Å². The fourth-order valence-corrected chi connectivity index (χ4v) is 3.60. The number of aryl methyl sites for hydroxylation is 1. The molecule has 4 rings (SSSR count). The van der Waals surface area contributed by atoms with Gasteiger partial charge in [-0.1, -0.05) is 53.6 Å². The highest BCUT2D eigenvalue weighted by Crippen LogP contribution is 2.38. The van der Waals surface area contributed by atoms with E-state index in [2.05, 4.69) is 15.4 Å². The van der Waals surface area contributed by atoms with Crippen LogP contribution in [0.4, 0.5) is 5.95 Å². The van der Waals surface area contributed by atoms with Crippen LogP contribution >= 0.6 is 11.6 Å². The molecule has 3 N–H and O–H groups in total. The molecular weight excluding hydrogens is 362 g/mol. The molecule has 27 heavy (non-hydrogen) atoms. The third-order valence-corrected chi connectivity index (χ3v) is 4.94. The minimum atomic E-state index is -0.543. The summed E-state index contributed by atoms with van der Waals surface area (Å²) in [4.78, 5) is 16.8. The number of benzene rings is 2. The first-order valence-electron chi connectivity index (χ1n) is 8.51. The molecule has 0 aliphatic carbocycles. The van der Waals surface area contributed by atoms with E-state index in [-0.39, 0.29) is 0 Å². The van der Waals surface area contributed by atoms with E-state index in [0.29, 0.717) is 28.1 Å². The van der Waals surface area contributed by atoms with E-state index in [4.69, 9.17) is 17.3 Å². The van der Waals surface area contributed by atoms with E-state index < -0.39 is 11.9 Å². The predicted molar refractivity (Wildman–Crippen MR) is 105 cm³/mol. The number of carbonyl (C=O) groups is 1. The van der Waals surface area contributed by atoms with Gasteiger partial charge >= 0.3 is 0 Å². The summed E-state index contributed by atoms with van der Waals surface area (Å²) in [5.74, 6) is 0.582. The molecule has 2 heterocycles. The van der Waals surface area contributed by atoms with Gasteiger partial charge in [-0.3, -0.25) is 4.79 Å². The van der Waals surface area contributed by atoms with Gasteiger partial charge in [0.1, 0.15) is 6.04 Å². The molecule has 0 radical (unpaired) electrons. The Kier molecular flexibility index (Phi) is 4.20. The van der Waals surface area contributed by atoms with Crippen LogP contribution < -0.4 is 11.1 Å². The SMILES string of the molecule is CC1=C(C(N)=O)[C@H](c2ccccc2Cl)n2nc(-c3cccc(C)c3)nc2N1. The summed E-state index contributed by atoms with van der Waals surface area (Å²) in [5, 5.41) is 8.35. The van der Waals surface area contributed by atoms with Gasteiger partial charge in [-0.15, -0.1) is 5.10 Å². The number of allylic oxidation sites excluding steroid dienone is 1. The van der Waals surface area contributed by atoms with Gasteiger partial charge in [0.05, 0.1) is 5.57 Å². The number of rotatable bonds is 3. The minimum Gasteiger partial charge on any atom is -0.366 e. The van der Waals surface area contributed by atoms with E-state index in [1.165, 1.54) is 0 Å². The third-order valence-electron chi connectivity index (χ3n) is 4.59. The number of nitrogens with one attached hydrogen (secondary N) is 1. The Balaban J connectivity index is 1.92. The molecule has 1 aliphatic rings. The van der Waals surface area contributed by atoms with Gasteiger partial charge in [-0.2, -0.15) is 4.98 Å². The van der Waals surface area contributed by atoms with Crippen LogP contribution in [-0.4, -0.2) is 20.7 Å². The Morgan fingerprint density at radius 3 is 2.67 bits per heavy atom. The molecule has 1 amide bonds. The van der Waals surface area contributed by atoms with E-state index >= 15 is 0 Å². The maximum absolute atomic E-state index is 12.2. The van der Waals surface area contributed by atoms with E-state index in [0.717, 1.165) is 16.7 Å². The van der Waals surface area contributed by atoms with Crippen molar-refractivity contribution in [2.24, 2.45) is 5.73 Å². The van der Waals surface area contributed by atoms with Gasteiger partial charge in [-0.25, -0.2) is 4.68 Å². The molecule has 0 saturated carbocycles. The summed E-state index contributed by atoms with van der Waals surface area (Å²) in [6.45, 7) is 3.82. The summed E-state index contributed by atoms with van der Waals surface area (Å²) in [5.41, 5.74) is 9.50. The quantitative estimate of drug-likeness (QED) is 0.726. The second-order valence-electron chi connectivity index (χ2n) is 6.53. The second-order valence-corrected chi connectivity index (χ2v) is 6.93. The zero-order valence-electron chi connectivity index (χ0n) is 14.9. The van der Waals surface area contributed by atoms with E-state index in [1.54, 1.807) is 17.7 Å². The van der Waals surface area contributed by atoms with Gasteiger partial charge in [0.15, 0.2) is 5.82 Å². The average molecular weight is 380 g/mol. The molecule has 1 aromatic heterocycles. The van der Waals surface area contributed by atoms with Crippen LogP contribution in [0.25, 0.3) is 11.4 Å². The van der Waals surface area contributed by atoms with Crippen molar-refractivity contribution in [3.05, 3.63) is 76.0 Å². The summed E-state index contributed by atoms with van der Waals surface area (Å²) < 4.78 is 1.67. The molecule has 6 nitrogen and oxygen atoms in total. The molecule has 0 bridgehead atoms. The van der Waals surface area contributed by atoms with Crippen LogP contribution in [-0.2, 0) is 4.79 Å². The van der Waals surface area contributed by atoms with Gasteiger partial charge < -0.3 is 11.1 Å². The van der Waals surface area contributed by atoms with Crippen molar-refractivity contribution in [2.75, 3.05) is 5.32 Å². The summed E-state index contributed by atoms with van der Waals surface area (Å²) >= 11 is 6.43. The molecule has 136 valence electrons. The van der Waals surface area contributed by atoms with Crippen LogP contribution in [0.2, 0.25) is 5.02 Å². The van der Waals surface area contributed by atoms with Crippen molar-refractivity contribution in [1.29, 1.82) is 0 Å². The van der Waals surface area contributed by atoms with Crippen LogP contribution in [0, 0.1) is 6.92 Å². The molecule has 1 aliphatic heterocycles. The number of primary amides is 1. The van der Waals surface area contributed by atoms with Gasteiger partial charge in [-0.05, 0) is 26.0 Å². The number of nitrogens with two attached hydrogens (primary N) is 1. The first-order valence-corrected chi connectivity index (χ1v) is 8.89. The molecule has 7 heteroatoms. The Hall–Kier alpha value is -3.12. The largest absolute Gasteiger partial charge is 0.366 e. The number of carbonyl (C=O) groups excluding carboxylic acids is 1. The molecule has 0 fully saturated rings.